The molecular weight excluding hydrogens is 537 g/mol. The van der Waals surface area contributed by atoms with Crippen LogP contribution in [0.1, 0.15) is 11.1 Å². The lowest BCUT2D eigenvalue weighted by Gasteiger charge is -2.14. The zero-order chi connectivity index (χ0) is 26.2. The molecule has 36 heavy (non-hydrogen) atoms. The van der Waals surface area contributed by atoms with Crippen molar-refractivity contribution < 1.29 is 28.3 Å². The average Bonchev–Trinajstić information content (AvgIpc) is 2.87. The maximum absolute atomic E-state index is 13.9. The van der Waals surface area contributed by atoms with Crippen molar-refractivity contribution in [2.45, 2.75) is 6.61 Å². The van der Waals surface area contributed by atoms with E-state index in [4.69, 9.17) is 14.2 Å². The lowest BCUT2D eigenvalue weighted by atomic mass is 10.1. The van der Waals surface area contributed by atoms with Gasteiger partial charge in [-0.25, -0.2) is 4.39 Å². The van der Waals surface area contributed by atoms with E-state index in [1.165, 1.54) is 44.6 Å². The third-order valence-electron chi connectivity index (χ3n) is 4.91. The quantitative estimate of drug-likeness (QED) is 0.157. The molecule has 0 saturated heterocycles. The van der Waals surface area contributed by atoms with E-state index in [0.29, 0.717) is 21.3 Å². The number of halogens is 2. The highest BCUT2D eigenvalue weighted by molar-refractivity contribution is 9.10. The van der Waals surface area contributed by atoms with Gasteiger partial charge in [-0.3, -0.25) is 14.9 Å². The summed E-state index contributed by atoms with van der Waals surface area (Å²) in [5.41, 5.74) is -0.0307. The second-order valence-electron chi connectivity index (χ2n) is 7.18. The minimum absolute atomic E-state index is 0.0523. The first-order valence-corrected chi connectivity index (χ1v) is 11.1. The highest BCUT2D eigenvalue weighted by Gasteiger charge is 2.20. The van der Waals surface area contributed by atoms with Crippen molar-refractivity contribution in [3.05, 3.63) is 91.7 Å². The fourth-order valence-corrected chi connectivity index (χ4v) is 3.70. The smallest absolute Gasteiger partial charge is 0.296 e. The zero-order valence-electron chi connectivity index (χ0n) is 19.1. The third kappa shape index (κ3) is 6.17. The number of nitrogens with one attached hydrogen (secondary N) is 1. The van der Waals surface area contributed by atoms with Crippen molar-refractivity contribution in [2.24, 2.45) is 0 Å². The topological polar surface area (TPSA) is 124 Å². The minimum Gasteiger partial charge on any atom is -0.496 e. The Labute approximate surface area is 214 Å². The molecule has 9 nitrogen and oxygen atoms in total. The summed E-state index contributed by atoms with van der Waals surface area (Å²) >= 11 is 3.37. The monoisotopic (exact) mass is 555 g/mol. The number of carbonyl (C=O) groups is 1. The van der Waals surface area contributed by atoms with Gasteiger partial charge in [0.1, 0.15) is 35.5 Å². The van der Waals surface area contributed by atoms with Crippen molar-refractivity contribution in [2.75, 3.05) is 19.5 Å². The summed E-state index contributed by atoms with van der Waals surface area (Å²) < 4.78 is 30.4. The SMILES string of the molecule is COc1ccc(NC(=O)/C(C#N)=C/c2cc(Br)c(OCc3ccccc3F)c(OC)c2)c([N+](=O)[O-])c1. The number of hydrogen-bond donors (Lipinski definition) is 1. The normalized spacial score (nSPS) is 10.8. The van der Waals surface area contributed by atoms with Gasteiger partial charge in [-0.2, -0.15) is 5.26 Å². The number of nitro groups is 1. The first kappa shape index (κ1) is 26.2. The summed E-state index contributed by atoms with van der Waals surface area (Å²) in [6, 6.07) is 15.0. The standard InChI is InChI=1S/C25H19BrFN3O6/c1-34-18-7-8-21(22(12-18)30(32)33)29-25(31)17(13-28)9-15-10-19(26)24(23(11-15)35-2)36-14-16-5-3-4-6-20(16)27/h3-12H,14H2,1-2H3,(H,29,31)/b17-9+. The van der Waals surface area contributed by atoms with Gasteiger partial charge in [-0.1, -0.05) is 18.2 Å². The van der Waals surface area contributed by atoms with Crippen molar-refractivity contribution in [1.29, 1.82) is 5.26 Å². The number of methoxy groups -OCH3 is 2. The van der Waals surface area contributed by atoms with E-state index in [1.807, 2.05) is 0 Å². The number of anilines is 1. The number of nitrogens with zero attached hydrogens (tertiary/aromatic N) is 2. The number of carbonyl (C=O) groups excluding carboxylic acids is 1. The van der Waals surface area contributed by atoms with E-state index in [0.717, 1.165) is 6.07 Å². The fraction of sp³-hybridized carbons (Fsp3) is 0.120. The Balaban J connectivity index is 1.86. The van der Waals surface area contributed by atoms with Crippen LogP contribution < -0.4 is 19.5 Å². The molecule has 3 aromatic rings. The van der Waals surface area contributed by atoms with Crippen LogP contribution in [0.5, 0.6) is 17.2 Å². The molecule has 0 bridgehead atoms. The van der Waals surface area contributed by atoms with Crippen LogP contribution in [0.3, 0.4) is 0 Å². The zero-order valence-corrected chi connectivity index (χ0v) is 20.7. The van der Waals surface area contributed by atoms with Crippen LogP contribution >= 0.6 is 15.9 Å². The summed E-state index contributed by atoms with van der Waals surface area (Å²) in [4.78, 5) is 23.4. The van der Waals surface area contributed by atoms with Gasteiger partial charge in [0.25, 0.3) is 11.6 Å². The molecule has 0 aliphatic carbocycles. The van der Waals surface area contributed by atoms with Gasteiger partial charge in [0.05, 0.1) is 29.7 Å². The maximum Gasteiger partial charge on any atom is 0.296 e. The van der Waals surface area contributed by atoms with Crippen LogP contribution in [0.25, 0.3) is 6.08 Å². The number of ether oxygens (including phenoxy) is 3. The highest BCUT2D eigenvalue weighted by atomic mass is 79.9. The molecule has 0 radical (unpaired) electrons. The molecule has 3 rings (SSSR count). The van der Waals surface area contributed by atoms with E-state index in [-0.39, 0.29) is 35.1 Å². The molecule has 0 atom stereocenters. The molecule has 0 aliphatic rings. The molecule has 0 heterocycles. The molecule has 1 amide bonds. The van der Waals surface area contributed by atoms with Gasteiger partial charge in [-0.15, -0.1) is 0 Å². The molecule has 0 aliphatic heterocycles. The summed E-state index contributed by atoms with van der Waals surface area (Å²) in [7, 11) is 2.77. The summed E-state index contributed by atoms with van der Waals surface area (Å²) in [5.74, 6) is -0.440. The van der Waals surface area contributed by atoms with Crippen molar-refractivity contribution in [3.63, 3.8) is 0 Å². The Hall–Kier alpha value is -4.43. The molecule has 184 valence electrons. The minimum atomic E-state index is -0.847. The van der Waals surface area contributed by atoms with Gasteiger partial charge in [0.2, 0.25) is 0 Å². The number of hydrogen-bond acceptors (Lipinski definition) is 7. The lowest BCUT2D eigenvalue weighted by Crippen LogP contribution is -2.14. The first-order chi connectivity index (χ1) is 17.3. The Kier molecular flexibility index (Phi) is 8.59. The molecular formula is C25H19BrFN3O6. The van der Waals surface area contributed by atoms with E-state index < -0.39 is 16.6 Å². The maximum atomic E-state index is 13.9. The molecule has 0 aromatic heterocycles. The molecule has 11 heteroatoms. The van der Waals surface area contributed by atoms with Crippen LogP contribution in [0.2, 0.25) is 0 Å². The van der Waals surface area contributed by atoms with Gasteiger partial charge < -0.3 is 19.5 Å². The van der Waals surface area contributed by atoms with Crippen LogP contribution in [-0.2, 0) is 11.4 Å². The number of amides is 1. The Morgan fingerprint density at radius 1 is 1.19 bits per heavy atom. The van der Waals surface area contributed by atoms with E-state index in [1.54, 1.807) is 30.3 Å². The van der Waals surface area contributed by atoms with Crippen molar-refractivity contribution >= 4 is 39.3 Å². The van der Waals surface area contributed by atoms with Gasteiger partial charge in [0, 0.05) is 5.56 Å². The van der Waals surface area contributed by atoms with E-state index in [9.17, 15) is 24.6 Å². The number of benzene rings is 3. The Morgan fingerprint density at radius 3 is 2.58 bits per heavy atom. The molecule has 0 saturated carbocycles. The predicted molar refractivity (Wildman–Crippen MR) is 133 cm³/mol. The van der Waals surface area contributed by atoms with Gasteiger partial charge >= 0.3 is 0 Å². The van der Waals surface area contributed by atoms with Crippen LogP contribution in [-0.4, -0.2) is 25.1 Å². The van der Waals surface area contributed by atoms with Crippen molar-refractivity contribution in [3.8, 4) is 23.3 Å². The summed E-state index contributed by atoms with van der Waals surface area (Å²) in [5, 5.41) is 23.3. The molecule has 1 N–H and O–H groups in total. The third-order valence-corrected chi connectivity index (χ3v) is 5.50. The molecule has 3 aromatic carbocycles. The van der Waals surface area contributed by atoms with E-state index >= 15 is 0 Å². The van der Waals surface area contributed by atoms with Crippen LogP contribution in [0.4, 0.5) is 15.8 Å². The average molecular weight is 556 g/mol. The summed E-state index contributed by atoms with van der Waals surface area (Å²) in [6.07, 6.45) is 1.29. The second-order valence-corrected chi connectivity index (χ2v) is 8.03. The number of nitro benzene ring substituents is 1. The number of rotatable bonds is 9. The highest BCUT2D eigenvalue weighted by Crippen LogP contribution is 2.38. The Morgan fingerprint density at radius 2 is 1.94 bits per heavy atom. The van der Waals surface area contributed by atoms with Crippen molar-refractivity contribution in [1.82, 2.24) is 0 Å². The summed E-state index contributed by atoms with van der Waals surface area (Å²) in [6.45, 7) is -0.0523. The van der Waals surface area contributed by atoms with Crippen LogP contribution in [0, 0.1) is 27.3 Å². The molecule has 0 spiro atoms. The lowest BCUT2D eigenvalue weighted by molar-refractivity contribution is -0.384. The largest absolute Gasteiger partial charge is 0.496 e. The molecule has 0 fully saturated rings. The van der Waals surface area contributed by atoms with E-state index in [2.05, 4.69) is 21.2 Å². The van der Waals surface area contributed by atoms with Gasteiger partial charge in [-0.05, 0) is 57.9 Å². The fourth-order valence-electron chi connectivity index (χ4n) is 3.13. The Bertz CT molecular complexity index is 1390. The predicted octanol–water partition coefficient (Wildman–Crippen LogP) is 5.64. The van der Waals surface area contributed by atoms with Gasteiger partial charge in [0.15, 0.2) is 11.5 Å². The van der Waals surface area contributed by atoms with Crippen LogP contribution in [0.15, 0.2) is 64.6 Å². The second kappa shape index (κ2) is 11.8. The first-order valence-electron chi connectivity index (χ1n) is 10.3. The number of nitriles is 1. The molecule has 0 unspecified atom stereocenters.